The number of nitrogens with one attached hydrogen (secondary N) is 2. The highest BCUT2D eigenvalue weighted by Crippen LogP contribution is 2.22. The summed E-state index contributed by atoms with van der Waals surface area (Å²) >= 11 is 1.22. The summed E-state index contributed by atoms with van der Waals surface area (Å²) in [5, 5.41) is 9.21. The van der Waals surface area contributed by atoms with Gasteiger partial charge in [0, 0.05) is 0 Å². The highest BCUT2D eigenvalue weighted by atomic mass is 32.2. The lowest BCUT2D eigenvalue weighted by Crippen LogP contribution is -2.15. The molecule has 3 rings (SSSR count). The number of amides is 1. The average Bonchev–Trinajstić information content (AvgIpc) is 3.04. The molecule has 8 heteroatoms. The van der Waals surface area contributed by atoms with Gasteiger partial charge in [0.25, 0.3) is 5.22 Å². The molecular formula is C11H9N5O2S. The summed E-state index contributed by atoms with van der Waals surface area (Å²) in [5.41, 5.74) is 1.49. The predicted octanol–water partition coefficient (Wildman–Crippen LogP) is 1.68. The lowest BCUT2D eigenvalue weighted by Gasteiger charge is -1.98. The first-order valence-electron chi connectivity index (χ1n) is 5.45. The molecule has 96 valence electrons. The molecule has 7 nitrogen and oxygen atoms in total. The average molecular weight is 275 g/mol. The van der Waals surface area contributed by atoms with Crippen molar-refractivity contribution in [3.8, 4) is 0 Å². The van der Waals surface area contributed by atoms with E-state index in [9.17, 15) is 4.79 Å². The number of thioether (sulfide) groups is 1. The van der Waals surface area contributed by atoms with Crippen molar-refractivity contribution in [2.45, 2.75) is 5.22 Å². The quantitative estimate of drug-likeness (QED) is 0.703. The van der Waals surface area contributed by atoms with Gasteiger partial charge in [0.15, 0.2) is 5.58 Å². The summed E-state index contributed by atoms with van der Waals surface area (Å²) in [6.07, 6.45) is 1.32. The number of oxazole rings is 1. The SMILES string of the molecule is O=C(CSc1nc2ccccc2o1)Nc1ncn[nH]1. The van der Waals surface area contributed by atoms with Crippen LogP contribution >= 0.6 is 11.8 Å². The number of anilines is 1. The number of benzene rings is 1. The number of H-pyrrole nitrogens is 1. The van der Waals surface area contributed by atoms with Crippen LogP contribution in [0.1, 0.15) is 0 Å². The number of rotatable bonds is 4. The summed E-state index contributed by atoms with van der Waals surface area (Å²) < 4.78 is 5.49. The van der Waals surface area contributed by atoms with Crippen LogP contribution in [-0.4, -0.2) is 31.8 Å². The Bertz CT molecular complexity index is 661. The van der Waals surface area contributed by atoms with Crippen LogP contribution in [-0.2, 0) is 4.79 Å². The maximum absolute atomic E-state index is 11.6. The number of aromatic amines is 1. The van der Waals surface area contributed by atoms with Gasteiger partial charge in [0.05, 0.1) is 5.75 Å². The van der Waals surface area contributed by atoms with Crippen LogP contribution < -0.4 is 5.32 Å². The van der Waals surface area contributed by atoms with Gasteiger partial charge in [-0.1, -0.05) is 23.9 Å². The van der Waals surface area contributed by atoms with E-state index in [0.29, 0.717) is 16.8 Å². The van der Waals surface area contributed by atoms with Crippen molar-refractivity contribution in [3.63, 3.8) is 0 Å². The van der Waals surface area contributed by atoms with Crippen molar-refractivity contribution in [2.24, 2.45) is 0 Å². The molecule has 0 saturated carbocycles. The molecule has 1 amide bonds. The van der Waals surface area contributed by atoms with E-state index in [4.69, 9.17) is 4.42 Å². The number of carbonyl (C=O) groups is 1. The topological polar surface area (TPSA) is 96.7 Å². The third kappa shape index (κ3) is 2.74. The van der Waals surface area contributed by atoms with Crippen LogP contribution in [0, 0.1) is 0 Å². The Morgan fingerprint density at radius 1 is 1.42 bits per heavy atom. The molecule has 0 aliphatic heterocycles. The number of fused-ring (bicyclic) bond motifs is 1. The molecule has 2 heterocycles. The molecule has 2 N–H and O–H groups in total. The van der Waals surface area contributed by atoms with Gasteiger partial charge >= 0.3 is 0 Å². The van der Waals surface area contributed by atoms with Crippen molar-refractivity contribution in [1.29, 1.82) is 0 Å². The van der Waals surface area contributed by atoms with Gasteiger partial charge in [0.1, 0.15) is 11.8 Å². The highest BCUT2D eigenvalue weighted by molar-refractivity contribution is 7.99. The summed E-state index contributed by atoms with van der Waals surface area (Å²) in [5.74, 6) is 0.306. The third-order valence-electron chi connectivity index (χ3n) is 2.27. The second-order valence-electron chi connectivity index (χ2n) is 3.62. The number of aromatic nitrogens is 4. The molecule has 0 fully saturated rings. The summed E-state index contributed by atoms with van der Waals surface area (Å²) in [6, 6.07) is 7.45. The summed E-state index contributed by atoms with van der Waals surface area (Å²) in [4.78, 5) is 19.7. The van der Waals surface area contributed by atoms with E-state index in [1.165, 1.54) is 18.1 Å². The van der Waals surface area contributed by atoms with Gasteiger partial charge in [0.2, 0.25) is 11.9 Å². The summed E-state index contributed by atoms with van der Waals surface area (Å²) in [6.45, 7) is 0. The van der Waals surface area contributed by atoms with Crippen molar-refractivity contribution < 1.29 is 9.21 Å². The minimum absolute atomic E-state index is 0.188. The van der Waals surface area contributed by atoms with Crippen molar-refractivity contribution in [3.05, 3.63) is 30.6 Å². The van der Waals surface area contributed by atoms with Crippen LogP contribution in [0.3, 0.4) is 0 Å². The maximum Gasteiger partial charge on any atom is 0.257 e. The number of para-hydroxylation sites is 2. The fourth-order valence-corrected chi connectivity index (χ4v) is 2.11. The zero-order valence-electron chi connectivity index (χ0n) is 9.66. The van der Waals surface area contributed by atoms with Crippen molar-refractivity contribution >= 4 is 34.7 Å². The molecule has 0 bridgehead atoms. The molecule has 3 aromatic rings. The van der Waals surface area contributed by atoms with E-state index in [0.717, 1.165) is 5.52 Å². The summed E-state index contributed by atoms with van der Waals surface area (Å²) in [7, 11) is 0. The Morgan fingerprint density at radius 2 is 2.32 bits per heavy atom. The second kappa shape index (κ2) is 5.11. The lowest BCUT2D eigenvalue weighted by molar-refractivity contribution is -0.113. The fourth-order valence-electron chi connectivity index (χ4n) is 1.47. The van der Waals surface area contributed by atoms with E-state index >= 15 is 0 Å². The van der Waals surface area contributed by atoms with Crippen LogP contribution in [0.5, 0.6) is 0 Å². The minimum atomic E-state index is -0.205. The molecule has 2 aromatic heterocycles. The van der Waals surface area contributed by atoms with E-state index in [1.54, 1.807) is 0 Å². The first-order chi connectivity index (χ1) is 9.31. The maximum atomic E-state index is 11.6. The molecule has 0 radical (unpaired) electrons. The van der Waals surface area contributed by atoms with Gasteiger partial charge in [-0.05, 0) is 12.1 Å². The Balaban J connectivity index is 1.61. The van der Waals surface area contributed by atoms with Gasteiger partial charge in [-0.15, -0.1) is 0 Å². The van der Waals surface area contributed by atoms with Gasteiger partial charge in [-0.2, -0.15) is 10.1 Å². The molecule has 19 heavy (non-hydrogen) atoms. The lowest BCUT2D eigenvalue weighted by atomic mass is 10.3. The van der Waals surface area contributed by atoms with Crippen LogP contribution in [0.2, 0.25) is 0 Å². The Kier molecular flexibility index (Phi) is 3.15. The van der Waals surface area contributed by atoms with Gasteiger partial charge in [-0.3, -0.25) is 10.1 Å². The van der Waals surface area contributed by atoms with Crippen molar-refractivity contribution in [1.82, 2.24) is 20.2 Å². The zero-order valence-corrected chi connectivity index (χ0v) is 10.5. The monoisotopic (exact) mass is 275 g/mol. The van der Waals surface area contributed by atoms with E-state index in [-0.39, 0.29) is 11.7 Å². The van der Waals surface area contributed by atoms with Crippen LogP contribution in [0.25, 0.3) is 11.1 Å². The smallest absolute Gasteiger partial charge is 0.257 e. The molecule has 0 atom stereocenters. The molecule has 0 spiro atoms. The largest absolute Gasteiger partial charge is 0.431 e. The number of carbonyl (C=O) groups excluding carboxylic acids is 1. The van der Waals surface area contributed by atoms with Crippen LogP contribution in [0.4, 0.5) is 5.95 Å². The minimum Gasteiger partial charge on any atom is -0.431 e. The molecule has 0 aliphatic carbocycles. The van der Waals surface area contributed by atoms with E-state index < -0.39 is 0 Å². The van der Waals surface area contributed by atoms with Crippen molar-refractivity contribution in [2.75, 3.05) is 11.1 Å². The number of hydrogen-bond donors (Lipinski definition) is 2. The van der Waals surface area contributed by atoms with Crippen LogP contribution in [0.15, 0.2) is 40.2 Å². The highest BCUT2D eigenvalue weighted by Gasteiger charge is 2.09. The van der Waals surface area contributed by atoms with Gasteiger partial charge in [-0.25, -0.2) is 10.1 Å². The second-order valence-corrected chi connectivity index (χ2v) is 4.55. The first-order valence-corrected chi connectivity index (χ1v) is 6.43. The Labute approximate surface area is 111 Å². The molecular weight excluding hydrogens is 266 g/mol. The predicted molar refractivity (Wildman–Crippen MR) is 69.7 cm³/mol. The molecule has 0 unspecified atom stereocenters. The number of nitrogens with zero attached hydrogens (tertiary/aromatic N) is 3. The normalized spacial score (nSPS) is 10.7. The molecule has 0 saturated heterocycles. The molecule has 1 aromatic carbocycles. The number of hydrogen-bond acceptors (Lipinski definition) is 6. The standard InChI is InChI=1S/C11H9N5O2S/c17-9(15-10-12-6-13-16-10)5-19-11-14-7-3-1-2-4-8(7)18-11/h1-4,6H,5H2,(H2,12,13,15,16,17). The third-order valence-corrected chi connectivity index (χ3v) is 3.10. The zero-order chi connectivity index (χ0) is 13.1. The Morgan fingerprint density at radius 3 is 3.11 bits per heavy atom. The van der Waals surface area contributed by atoms with E-state index in [1.807, 2.05) is 24.3 Å². The Hall–Kier alpha value is -2.35. The fraction of sp³-hybridized carbons (Fsp3) is 0.0909. The molecule has 0 aliphatic rings. The first kappa shape index (κ1) is 11.7. The van der Waals surface area contributed by atoms with Gasteiger partial charge < -0.3 is 4.42 Å². The van der Waals surface area contributed by atoms with E-state index in [2.05, 4.69) is 25.5 Å².